The van der Waals surface area contributed by atoms with E-state index in [-0.39, 0.29) is 35.3 Å². The summed E-state index contributed by atoms with van der Waals surface area (Å²) in [4.78, 5) is 0. The second kappa shape index (κ2) is 7.64. The summed E-state index contributed by atoms with van der Waals surface area (Å²) in [7, 11) is -4.01. The van der Waals surface area contributed by atoms with Crippen LogP contribution in [0.5, 0.6) is 0 Å². The first-order chi connectivity index (χ1) is 4.56. The van der Waals surface area contributed by atoms with Gasteiger partial charge >= 0.3 is 29.6 Å². The molecule has 0 fully saturated rings. The standard InChI is InChI=1S/C5H10O3S2.Na/c1-2-3-9-4-5-10(6,7)8;/h2H,1,3-5H2,(H,6,7,8);/q;+1/p-1. The Bertz CT molecular complexity index is 188. The second-order valence-corrected chi connectivity index (χ2v) is 4.30. The van der Waals surface area contributed by atoms with Crippen molar-refractivity contribution in [3.63, 3.8) is 0 Å². The van der Waals surface area contributed by atoms with Crippen LogP contribution < -0.4 is 29.6 Å². The zero-order valence-corrected chi connectivity index (χ0v) is 10.1. The second-order valence-electron chi connectivity index (χ2n) is 1.63. The van der Waals surface area contributed by atoms with Crippen molar-refractivity contribution < 1.29 is 42.5 Å². The molecule has 0 N–H and O–H groups in total. The Morgan fingerprint density at radius 2 is 2.09 bits per heavy atom. The maximum absolute atomic E-state index is 10.00. The first-order valence-electron chi connectivity index (χ1n) is 2.68. The Balaban J connectivity index is 0. The molecule has 0 aromatic carbocycles. The van der Waals surface area contributed by atoms with Crippen LogP contribution in [0.15, 0.2) is 12.7 Å². The molecule has 0 saturated carbocycles. The largest absolute Gasteiger partial charge is 1.00 e. The Morgan fingerprint density at radius 1 is 1.55 bits per heavy atom. The molecule has 0 spiro atoms. The van der Waals surface area contributed by atoms with E-state index in [4.69, 9.17) is 0 Å². The average molecular weight is 204 g/mol. The van der Waals surface area contributed by atoms with Crippen LogP contribution in [-0.2, 0) is 10.1 Å². The molecule has 60 valence electrons. The number of hydrogen-bond donors (Lipinski definition) is 0. The molecular weight excluding hydrogens is 195 g/mol. The van der Waals surface area contributed by atoms with Gasteiger partial charge in [0.25, 0.3) is 0 Å². The molecule has 0 aromatic heterocycles. The molecule has 0 amide bonds. The number of rotatable bonds is 5. The van der Waals surface area contributed by atoms with Gasteiger partial charge in [-0.05, 0) is 0 Å². The summed E-state index contributed by atoms with van der Waals surface area (Å²) in [5.74, 6) is 0.763. The van der Waals surface area contributed by atoms with E-state index in [0.717, 1.165) is 0 Å². The van der Waals surface area contributed by atoms with Crippen LogP contribution in [0.3, 0.4) is 0 Å². The molecule has 0 atom stereocenters. The van der Waals surface area contributed by atoms with Gasteiger partial charge in [-0.15, -0.1) is 6.58 Å². The van der Waals surface area contributed by atoms with Gasteiger partial charge in [0.1, 0.15) is 0 Å². The molecule has 0 aliphatic rings. The third-order valence-electron chi connectivity index (χ3n) is 0.713. The van der Waals surface area contributed by atoms with Gasteiger partial charge < -0.3 is 4.55 Å². The van der Waals surface area contributed by atoms with Crippen molar-refractivity contribution in [2.75, 3.05) is 17.3 Å². The predicted octanol–water partition coefficient (Wildman–Crippen LogP) is -2.55. The van der Waals surface area contributed by atoms with Crippen molar-refractivity contribution in [2.24, 2.45) is 0 Å². The van der Waals surface area contributed by atoms with Crippen molar-refractivity contribution in [1.29, 1.82) is 0 Å². The van der Waals surface area contributed by atoms with Crippen molar-refractivity contribution in [1.82, 2.24) is 0 Å². The molecule has 0 aliphatic heterocycles. The van der Waals surface area contributed by atoms with Crippen LogP contribution >= 0.6 is 11.8 Å². The molecular formula is C5H9NaO3S2. The maximum Gasteiger partial charge on any atom is 1.00 e. The summed E-state index contributed by atoms with van der Waals surface area (Å²) in [5.41, 5.74) is 0. The summed E-state index contributed by atoms with van der Waals surface area (Å²) in [6.45, 7) is 3.45. The van der Waals surface area contributed by atoms with Crippen molar-refractivity contribution >= 4 is 21.9 Å². The normalized spacial score (nSPS) is 10.3. The predicted molar refractivity (Wildman–Crippen MR) is 42.1 cm³/mol. The maximum atomic E-state index is 10.00. The summed E-state index contributed by atoms with van der Waals surface area (Å²) < 4.78 is 30.0. The van der Waals surface area contributed by atoms with Crippen LogP contribution in [0.1, 0.15) is 0 Å². The fourth-order valence-electron chi connectivity index (χ4n) is 0.328. The van der Waals surface area contributed by atoms with Crippen LogP contribution in [-0.4, -0.2) is 30.2 Å². The topological polar surface area (TPSA) is 57.2 Å². The molecule has 0 aromatic rings. The van der Waals surface area contributed by atoms with E-state index in [1.165, 1.54) is 11.8 Å². The SMILES string of the molecule is C=CCSCCS(=O)(=O)[O-].[Na+]. The van der Waals surface area contributed by atoms with Gasteiger partial charge in [0, 0.05) is 17.3 Å². The summed E-state index contributed by atoms with van der Waals surface area (Å²) in [5, 5.41) is 0. The number of hydrogen-bond acceptors (Lipinski definition) is 4. The molecule has 0 bridgehead atoms. The van der Waals surface area contributed by atoms with Gasteiger partial charge in [-0.1, -0.05) is 6.08 Å². The average Bonchev–Trinajstić information content (AvgIpc) is 1.78. The van der Waals surface area contributed by atoms with Crippen LogP contribution in [0.25, 0.3) is 0 Å². The minimum absolute atomic E-state index is 0. The molecule has 11 heavy (non-hydrogen) atoms. The molecule has 0 saturated heterocycles. The van der Waals surface area contributed by atoms with Crippen molar-refractivity contribution in [3.8, 4) is 0 Å². The quantitative estimate of drug-likeness (QED) is 0.214. The Kier molecular flexibility index (Phi) is 10.1. The van der Waals surface area contributed by atoms with Crippen LogP contribution in [0.2, 0.25) is 0 Å². The Hall–Kier alpha value is 1.000. The van der Waals surface area contributed by atoms with Gasteiger partial charge in [-0.25, -0.2) is 8.42 Å². The van der Waals surface area contributed by atoms with Gasteiger partial charge in [0.15, 0.2) is 0 Å². The third-order valence-corrected chi connectivity index (χ3v) is 2.64. The first-order valence-corrected chi connectivity index (χ1v) is 5.41. The van der Waals surface area contributed by atoms with E-state index in [0.29, 0.717) is 11.5 Å². The van der Waals surface area contributed by atoms with E-state index < -0.39 is 10.1 Å². The smallest absolute Gasteiger partial charge is 0.748 e. The fourth-order valence-corrected chi connectivity index (χ4v) is 1.95. The van der Waals surface area contributed by atoms with Gasteiger partial charge in [0.05, 0.1) is 10.1 Å². The molecule has 0 aliphatic carbocycles. The summed E-state index contributed by atoms with van der Waals surface area (Å²) >= 11 is 1.38. The number of thioether (sulfide) groups is 1. The van der Waals surface area contributed by atoms with E-state index in [1.54, 1.807) is 6.08 Å². The molecule has 3 nitrogen and oxygen atoms in total. The van der Waals surface area contributed by atoms with E-state index in [2.05, 4.69) is 6.58 Å². The fraction of sp³-hybridized carbons (Fsp3) is 0.600. The van der Waals surface area contributed by atoms with Gasteiger partial charge in [0.2, 0.25) is 0 Å². The minimum atomic E-state index is -4.01. The van der Waals surface area contributed by atoms with Crippen LogP contribution in [0, 0.1) is 0 Å². The Morgan fingerprint density at radius 3 is 2.45 bits per heavy atom. The summed E-state index contributed by atoms with van der Waals surface area (Å²) in [6.07, 6.45) is 1.67. The molecule has 0 radical (unpaired) electrons. The molecule has 0 rings (SSSR count). The van der Waals surface area contributed by atoms with E-state index in [9.17, 15) is 13.0 Å². The minimum Gasteiger partial charge on any atom is -0.748 e. The van der Waals surface area contributed by atoms with Crippen molar-refractivity contribution in [3.05, 3.63) is 12.7 Å². The van der Waals surface area contributed by atoms with E-state index in [1.807, 2.05) is 0 Å². The van der Waals surface area contributed by atoms with Crippen molar-refractivity contribution in [2.45, 2.75) is 0 Å². The zero-order valence-electron chi connectivity index (χ0n) is 6.45. The Labute approximate surface area is 93.7 Å². The van der Waals surface area contributed by atoms with Crippen LogP contribution in [0.4, 0.5) is 0 Å². The third kappa shape index (κ3) is 13.9. The molecule has 0 unspecified atom stereocenters. The summed E-state index contributed by atoms with van der Waals surface area (Å²) in [6, 6.07) is 0. The molecule has 0 heterocycles. The molecule has 6 heteroatoms. The van der Waals surface area contributed by atoms with Gasteiger partial charge in [-0.3, -0.25) is 0 Å². The first kappa shape index (κ1) is 14.5. The van der Waals surface area contributed by atoms with E-state index >= 15 is 0 Å². The zero-order chi connectivity index (χ0) is 8.04. The van der Waals surface area contributed by atoms with Gasteiger partial charge in [-0.2, -0.15) is 11.8 Å². The monoisotopic (exact) mass is 204 g/mol.